The average Bonchev–Trinajstić information content (AvgIpc) is 2.91. The first-order chi connectivity index (χ1) is 19.0. The van der Waals surface area contributed by atoms with Crippen LogP contribution in [0.3, 0.4) is 0 Å². The highest BCUT2D eigenvalue weighted by Crippen LogP contribution is 2.53. The molecule has 0 bridgehead atoms. The molecule has 0 unspecified atom stereocenters. The van der Waals surface area contributed by atoms with Crippen LogP contribution in [0.2, 0.25) is 0 Å². The van der Waals surface area contributed by atoms with Crippen LogP contribution in [0.25, 0.3) is 11.1 Å². The quantitative estimate of drug-likeness (QED) is 0.267. The molecular weight excluding hydrogens is 573 g/mol. The van der Waals surface area contributed by atoms with Crippen LogP contribution in [0, 0.1) is 13.8 Å². The van der Waals surface area contributed by atoms with Gasteiger partial charge in [-0.2, -0.15) is 38.1 Å². The van der Waals surface area contributed by atoms with Crippen molar-refractivity contribution in [1.82, 2.24) is 4.90 Å². The van der Waals surface area contributed by atoms with E-state index in [1.165, 1.54) is 19.9 Å². The highest BCUT2D eigenvalue weighted by molar-refractivity contribution is 7.98. The first kappa shape index (κ1) is 32.0. The highest BCUT2D eigenvalue weighted by Gasteiger charge is 2.73. The third-order valence-corrected chi connectivity index (χ3v) is 7.11. The van der Waals surface area contributed by atoms with Gasteiger partial charge in [0.25, 0.3) is 11.8 Å². The number of hydrogen-bond donors (Lipinski definition) is 1. The third kappa shape index (κ3) is 6.52. The van der Waals surface area contributed by atoms with E-state index in [2.05, 4.69) is 5.32 Å². The number of thioether (sulfide) groups is 1. The lowest BCUT2D eigenvalue weighted by Gasteiger charge is -2.31. The van der Waals surface area contributed by atoms with Crippen LogP contribution in [-0.2, 0) is 5.67 Å². The van der Waals surface area contributed by atoms with Crippen molar-refractivity contribution < 1.29 is 40.3 Å². The number of carbonyl (C=O) groups excluding carboxylic acids is 2. The first-order valence-electron chi connectivity index (χ1n) is 12.2. The van der Waals surface area contributed by atoms with E-state index in [4.69, 9.17) is 0 Å². The topological polar surface area (TPSA) is 49.4 Å². The van der Waals surface area contributed by atoms with Gasteiger partial charge in [-0.3, -0.25) is 9.59 Å². The summed E-state index contributed by atoms with van der Waals surface area (Å²) in [5, 5.41) is 2.54. The summed E-state index contributed by atoms with van der Waals surface area (Å²) < 4.78 is 94.3. The van der Waals surface area contributed by atoms with E-state index in [1.807, 2.05) is 6.26 Å². The van der Waals surface area contributed by atoms with Crippen LogP contribution in [0.1, 0.15) is 37.4 Å². The number of nitrogens with one attached hydrogen (secondary N) is 1. The normalized spacial score (nSPS) is 12.3. The lowest BCUT2D eigenvalue weighted by molar-refractivity contribution is -0.348. The number of amides is 2. The van der Waals surface area contributed by atoms with E-state index in [0.29, 0.717) is 35.4 Å². The summed E-state index contributed by atoms with van der Waals surface area (Å²) >= 11 is 1.60. The van der Waals surface area contributed by atoms with Gasteiger partial charge in [0.1, 0.15) is 0 Å². The number of hydrogen-bond acceptors (Lipinski definition) is 3. The minimum atomic E-state index is -6.26. The van der Waals surface area contributed by atoms with E-state index in [9.17, 15) is 40.3 Å². The molecule has 4 nitrogen and oxygen atoms in total. The third-order valence-electron chi connectivity index (χ3n) is 6.52. The summed E-state index contributed by atoms with van der Waals surface area (Å²) in [7, 11) is 1.68. The molecule has 2 amide bonds. The molecule has 0 saturated carbocycles. The lowest BCUT2D eigenvalue weighted by atomic mass is 9.90. The van der Waals surface area contributed by atoms with Gasteiger partial charge in [0.2, 0.25) is 0 Å². The second-order valence-electron chi connectivity index (χ2n) is 9.44. The van der Waals surface area contributed by atoms with Crippen molar-refractivity contribution in [2.24, 2.45) is 0 Å². The number of benzene rings is 3. The fourth-order valence-electron chi connectivity index (χ4n) is 4.33. The van der Waals surface area contributed by atoms with Gasteiger partial charge >= 0.3 is 18.0 Å². The number of rotatable bonds is 8. The molecule has 3 aromatic carbocycles. The molecular formula is C29H27F7N2O2S. The zero-order valence-corrected chi connectivity index (χ0v) is 23.3. The average molecular weight is 601 g/mol. The Labute approximate surface area is 236 Å². The molecule has 0 radical (unpaired) electrons. The van der Waals surface area contributed by atoms with Crippen LogP contribution in [0.4, 0.5) is 36.4 Å². The molecule has 41 heavy (non-hydrogen) atoms. The summed E-state index contributed by atoms with van der Waals surface area (Å²) in [4.78, 5) is 27.8. The second-order valence-corrected chi connectivity index (χ2v) is 10.4. The van der Waals surface area contributed by atoms with E-state index in [-0.39, 0.29) is 28.3 Å². The van der Waals surface area contributed by atoms with Crippen molar-refractivity contribution in [3.05, 3.63) is 88.5 Å². The molecule has 0 spiro atoms. The molecule has 0 saturated heterocycles. The first-order valence-corrected chi connectivity index (χ1v) is 13.6. The number of halogens is 7. The molecule has 0 aliphatic rings. The molecule has 220 valence electrons. The Morgan fingerprint density at radius 2 is 1.44 bits per heavy atom. The molecule has 0 aliphatic heterocycles. The Hall–Kier alpha value is -3.54. The zero-order chi connectivity index (χ0) is 30.8. The molecule has 3 aromatic rings. The van der Waals surface area contributed by atoms with Crippen LogP contribution in [-0.4, -0.2) is 54.7 Å². The van der Waals surface area contributed by atoms with Crippen LogP contribution >= 0.6 is 11.8 Å². The Bertz CT molecular complexity index is 1400. The summed E-state index contributed by atoms with van der Waals surface area (Å²) in [6.07, 6.45) is -10.6. The molecule has 0 aromatic heterocycles. The lowest BCUT2D eigenvalue weighted by Crippen LogP contribution is -2.50. The van der Waals surface area contributed by atoms with Gasteiger partial charge in [-0.05, 0) is 60.6 Å². The minimum absolute atomic E-state index is 0.0559. The number of carbonyl (C=O) groups is 2. The molecule has 3 rings (SSSR count). The maximum atomic E-state index is 14.6. The molecule has 0 aliphatic carbocycles. The second kappa shape index (κ2) is 12.1. The van der Waals surface area contributed by atoms with Crippen molar-refractivity contribution in [3.8, 4) is 11.1 Å². The van der Waals surface area contributed by atoms with Crippen molar-refractivity contribution in [2.45, 2.75) is 31.9 Å². The van der Waals surface area contributed by atoms with Gasteiger partial charge < -0.3 is 10.2 Å². The molecule has 1 N–H and O–H groups in total. The highest BCUT2D eigenvalue weighted by atomic mass is 32.2. The monoisotopic (exact) mass is 600 g/mol. The Morgan fingerprint density at radius 3 is 2.00 bits per heavy atom. The van der Waals surface area contributed by atoms with Crippen LogP contribution in [0.5, 0.6) is 0 Å². The van der Waals surface area contributed by atoms with E-state index >= 15 is 0 Å². The van der Waals surface area contributed by atoms with Gasteiger partial charge in [0.15, 0.2) is 0 Å². The van der Waals surface area contributed by atoms with Gasteiger partial charge in [0, 0.05) is 41.7 Å². The minimum Gasteiger partial charge on any atom is -0.341 e. The maximum absolute atomic E-state index is 14.6. The van der Waals surface area contributed by atoms with Gasteiger partial charge in [-0.25, -0.2) is 4.39 Å². The van der Waals surface area contributed by atoms with Crippen molar-refractivity contribution in [1.29, 1.82) is 0 Å². The number of nitrogens with zero attached hydrogens (tertiary/aromatic N) is 1. The van der Waals surface area contributed by atoms with Crippen molar-refractivity contribution in [2.75, 3.05) is 30.9 Å². The molecule has 0 heterocycles. The zero-order valence-electron chi connectivity index (χ0n) is 22.5. The number of anilines is 1. The Balaban J connectivity index is 1.97. The fourth-order valence-corrected chi connectivity index (χ4v) is 4.79. The van der Waals surface area contributed by atoms with Gasteiger partial charge in [0.05, 0.1) is 0 Å². The van der Waals surface area contributed by atoms with Gasteiger partial charge in [-0.15, -0.1) is 0 Å². The Morgan fingerprint density at radius 1 is 0.854 bits per heavy atom. The summed E-state index contributed by atoms with van der Waals surface area (Å²) in [6, 6.07) is 13.9. The SMILES string of the molecule is CSCCN(C)C(=O)c1cccc(-c2ccccc2C(=O)Nc2c(C)cc(C(F)(C(F)(F)F)C(F)(F)F)cc2C)c1. The molecule has 0 fully saturated rings. The smallest absolute Gasteiger partial charge is 0.341 e. The fraction of sp³-hybridized carbons (Fsp3) is 0.310. The largest absolute Gasteiger partial charge is 0.435 e. The molecule has 12 heteroatoms. The summed E-state index contributed by atoms with van der Waals surface area (Å²) in [5.74, 6) is -0.161. The van der Waals surface area contributed by atoms with Crippen LogP contribution in [0.15, 0.2) is 60.7 Å². The van der Waals surface area contributed by atoms with E-state index < -0.39 is 29.5 Å². The Kier molecular flexibility index (Phi) is 9.47. The summed E-state index contributed by atoms with van der Waals surface area (Å²) in [6.45, 7) is 2.89. The van der Waals surface area contributed by atoms with Gasteiger partial charge in [-0.1, -0.05) is 42.5 Å². The number of alkyl halides is 7. The standard InChI is InChI=1S/C29H27F7N2O2S/c1-17-14-21(27(30,28(31,32)33)29(34,35)36)15-18(2)24(17)37-25(39)23-11-6-5-10-22(23)19-8-7-9-20(16-19)26(40)38(3)12-13-41-4/h5-11,14-16H,12-13H2,1-4H3,(H,37,39). The van der Waals surface area contributed by atoms with E-state index in [1.54, 1.807) is 66.2 Å². The molecule has 0 atom stereocenters. The maximum Gasteiger partial charge on any atom is 0.435 e. The number of aryl methyl sites for hydroxylation is 2. The predicted molar refractivity (Wildman–Crippen MR) is 146 cm³/mol. The van der Waals surface area contributed by atoms with Crippen molar-refractivity contribution in [3.63, 3.8) is 0 Å². The predicted octanol–water partition coefficient (Wildman–Crippen LogP) is 7.95. The van der Waals surface area contributed by atoms with E-state index in [0.717, 1.165) is 5.75 Å². The van der Waals surface area contributed by atoms with Crippen molar-refractivity contribution >= 4 is 29.3 Å². The summed E-state index contributed by atoms with van der Waals surface area (Å²) in [5.41, 5.74) is -6.14. The van der Waals surface area contributed by atoms with Crippen LogP contribution < -0.4 is 5.32 Å².